The predicted molar refractivity (Wildman–Crippen MR) is 80.6 cm³/mol. The standard InChI is InChI=1S/C14H25N3O3S/c1-4-9-15-12-5-7-13(8-6-12)17-21(18,19)14-10(2)16-20-11(14)3/h12-13,15,17H,4-9H2,1-3H3. The highest BCUT2D eigenvalue weighted by atomic mass is 32.2. The summed E-state index contributed by atoms with van der Waals surface area (Å²) in [6.45, 7) is 6.45. The van der Waals surface area contributed by atoms with Gasteiger partial charge in [0.25, 0.3) is 0 Å². The molecule has 0 radical (unpaired) electrons. The highest BCUT2D eigenvalue weighted by Gasteiger charge is 2.29. The van der Waals surface area contributed by atoms with Crippen LogP contribution in [0.1, 0.15) is 50.5 Å². The van der Waals surface area contributed by atoms with Crippen LogP contribution in [0.25, 0.3) is 0 Å². The van der Waals surface area contributed by atoms with E-state index >= 15 is 0 Å². The molecule has 0 spiro atoms. The van der Waals surface area contributed by atoms with Gasteiger partial charge in [-0.2, -0.15) is 0 Å². The summed E-state index contributed by atoms with van der Waals surface area (Å²) in [5, 5.41) is 7.22. The second-order valence-electron chi connectivity index (χ2n) is 5.78. The Morgan fingerprint density at radius 1 is 1.19 bits per heavy atom. The molecule has 2 N–H and O–H groups in total. The Morgan fingerprint density at radius 3 is 2.33 bits per heavy atom. The zero-order valence-corrected chi connectivity index (χ0v) is 13.8. The van der Waals surface area contributed by atoms with Crippen molar-refractivity contribution >= 4 is 10.0 Å². The minimum absolute atomic E-state index is 0.00313. The highest BCUT2D eigenvalue weighted by Crippen LogP contribution is 2.23. The normalized spacial score (nSPS) is 23.4. The zero-order chi connectivity index (χ0) is 15.5. The Bertz CT molecular complexity index is 541. The van der Waals surface area contributed by atoms with E-state index in [0.29, 0.717) is 17.5 Å². The average Bonchev–Trinajstić information content (AvgIpc) is 2.77. The van der Waals surface area contributed by atoms with Gasteiger partial charge in [0.05, 0.1) is 0 Å². The van der Waals surface area contributed by atoms with Crippen molar-refractivity contribution in [1.29, 1.82) is 0 Å². The van der Waals surface area contributed by atoms with E-state index in [1.54, 1.807) is 13.8 Å². The van der Waals surface area contributed by atoms with E-state index < -0.39 is 10.0 Å². The zero-order valence-electron chi connectivity index (χ0n) is 13.0. The summed E-state index contributed by atoms with van der Waals surface area (Å²) in [7, 11) is -3.54. The molecule has 0 saturated heterocycles. The van der Waals surface area contributed by atoms with Gasteiger partial charge in [0, 0.05) is 12.1 Å². The minimum atomic E-state index is -3.54. The van der Waals surface area contributed by atoms with Crippen LogP contribution < -0.4 is 10.0 Å². The molecule has 0 atom stereocenters. The average molecular weight is 315 g/mol. The summed E-state index contributed by atoms with van der Waals surface area (Å²) in [5.41, 5.74) is 0.415. The van der Waals surface area contributed by atoms with E-state index in [-0.39, 0.29) is 10.9 Å². The van der Waals surface area contributed by atoms with Crippen molar-refractivity contribution in [1.82, 2.24) is 15.2 Å². The summed E-state index contributed by atoms with van der Waals surface area (Å²) < 4.78 is 32.6. The Labute approximate surface area is 126 Å². The van der Waals surface area contributed by atoms with Crippen molar-refractivity contribution in [3.05, 3.63) is 11.5 Å². The maximum Gasteiger partial charge on any atom is 0.246 e. The Balaban J connectivity index is 1.94. The van der Waals surface area contributed by atoms with Crippen LogP contribution >= 0.6 is 0 Å². The maximum absolute atomic E-state index is 12.4. The number of sulfonamides is 1. The molecular weight excluding hydrogens is 290 g/mol. The van der Waals surface area contributed by atoms with Gasteiger partial charge in [-0.1, -0.05) is 12.1 Å². The largest absolute Gasteiger partial charge is 0.360 e. The van der Waals surface area contributed by atoms with E-state index in [1.165, 1.54) is 0 Å². The lowest BCUT2D eigenvalue weighted by Gasteiger charge is -2.29. The molecule has 0 amide bonds. The van der Waals surface area contributed by atoms with Crippen LogP contribution in [0, 0.1) is 13.8 Å². The fourth-order valence-corrected chi connectivity index (χ4v) is 4.53. The van der Waals surface area contributed by atoms with Crippen molar-refractivity contribution in [2.75, 3.05) is 6.54 Å². The fourth-order valence-electron chi connectivity index (χ4n) is 2.90. The Kier molecular flexibility index (Phi) is 5.40. The molecule has 0 aliphatic heterocycles. The van der Waals surface area contributed by atoms with Gasteiger partial charge in [0.15, 0.2) is 5.76 Å². The van der Waals surface area contributed by atoms with Crippen molar-refractivity contribution in [3.8, 4) is 0 Å². The second-order valence-corrected chi connectivity index (χ2v) is 7.43. The molecule has 21 heavy (non-hydrogen) atoms. The number of rotatable bonds is 6. The molecule has 0 aromatic carbocycles. The molecule has 0 unspecified atom stereocenters. The molecule has 120 valence electrons. The van der Waals surface area contributed by atoms with Crippen molar-refractivity contribution in [2.45, 2.75) is 69.9 Å². The SMILES string of the molecule is CCCNC1CCC(NS(=O)(=O)c2c(C)noc2C)CC1. The number of hydrogen-bond acceptors (Lipinski definition) is 5. The molecule has 1 aromatic heterocycles. The summed E-state index contributed by atoms with van der Waals surface area (Å²) in [5.74, 6) is 0.346. The summed E-state index contributed by atoms with van der Waals surface area (Å²) in [6.07, 6.45) is 4.87. The molecule has 7 heteroatoms. The molecule has 1 saturated carbocycles. The fraction of sp³-hybridized carbons (Fsp3) is 0.786. The van der Waals surface area contributed by atoms with Crippen LogP contribution in [0.4, 0.5) is 0 Å². The van der Waals surface area contributed by atoms with Gasteiger partial charge >= 0.3 is 0 Å². The lowest BCUT2D eigenvalue weighted by molar-refractivity contribution is 0.330. The van der Waals surface area contributed by atoms with Gasteiger partial charge in [-0.3, -0.25) is 0 Å². The number of aryl methyl sites for hydroxylation is 2. The molecular formula is C14H25N3O3S. The van der Waals surface area contributed by atoms with Crippen LogP contribution in [0.2, 0.25) is 0 Å². The van der Waals surface area contributed by atoms with Gasteiger partial charge < -0.3 is 9.84 Å². The van der Waals surface area contributed by atoms with Crippen LogP contribution in [0.5, 0.6) is 0 Å². The van der Waals surface area contributed by atoms with Gasteiger partial charge in [0.1, 0.15) is 10.6 Å². The highest BCUT2D eigenvalue weighted by molar-refractivity contribution is 7.89. The summed E-state index contributed by atoms with van der Waals surface area (Å²) >= 11 is 0. The molecule has 6 nitrogen and oxygen atoms in total. The number of hydrogen-bond donors (Lipinski definition) is 2. The number of nitrogens with one attached hydrogen (secondary N) is 2. The lowest BCUT2D eigenvalue weighted by atomic mass is 9.92. The van der Waals surface area contributed by atoms with Gasteiger partial charge in [-0.15, -0.1) is 0 Å². The van der Waals surface area contributed by atoms with Crippen LogP contribution in [0.15, 0.2) is 9.42 Å². The van der Waals surface area contributed by atoms with Crippen LogP contribution in [-0.4, -0.2) is 32.2 Å². The third-order valence-corrected chi connectivity index (χ3v) is 5.73. The number of aromatic nitrogens is 1. The van der Waals surface area contributed by atoms with Crippen molar-refractivity contribution < 1.29 is 12.9 Å². The topological polar surface area (TPSA) is 84.2 Å². The van der Waals surface area contributed by atoms with Crippen LogP contribution in [-0.2, 0) is 10.0 Å². The maximum atomic E-state index is 12.4. The smallest absolute Gasteiger partial charge is 0.246 e. The quantitative estimate of drug-likeness (QED) is 0.837. The first-order valence-corrected chi connectivity index (χ1v) is 9.11. The summed E-state index contributed by atoms with van der Waals surface area (Å²) in [4.78, 5) is 0.189. The minimum Gasteiger partial charge on any atom is -0.360 e. The van der Waals surface area contributed by atoms with Gasteiger partial charge in [-0.05, 0) is 52.5 Å². The van der Waals surface area contributed by atoms with E-state index in [9.17, 15) is 8.42 Å². The molecule has 1 aromatic rings. The van der Waals surface area contributed by atoms with Gasteiger partial charge in [0.2, 0.25) is 10.0 Å². The Hall–Kier alpha value is -0.920. The molecule has 1 aliphatic carbocycles. The van der Waals surface area contributed by atoms with Crippen LogP contribution in [0.3, 0.4) is 0 Å². The van der Waals surface area contributed by atoms with Crippen molar-refractivity contribution in [2.24, 2.45) is 0 Å². The van der Waals surface area contributed by atoms with Gasteiger partial charge in [-0.25, -0.2) is 13.1 Å². The summed E-state index contributed by atoms with van der Waals surface area (Å²) in [6, 6.07) is 0.521. The third-order valence-electron chi connectivity index (χ3n) is 3.97. The molecule has 1 heterocycles. The number of nitrogens with zero attached hydrogens (tertiary/aromatic N) is 1. The van der Waals surface area contributed by atoms with E-state index in [2.05, 4.69) is 22.1 Å². The van der Waals surface area contributed by atoms with E-state index in [4.69, 9.17) is 4.52 Å². The lowest BCUT2D eigenvalue weighted by Crippen LogP contribution is -2.42. The molecule has 2 rings (SSSR count). The van der Waals surface area contributed by atoms with Crippen molar-refractivity contribution in [3.63, 3.8) is 0 Å². The molecule has 1 fully saturated rings. The first kappa shape index (κ1) is 16.5. The Morgan fingerprint density at radius 2 is 1.81 bits per heavy atom. The van der Waals surface area contributed by atoms with E-state index in [0.717, 1.165) is 38.6 Å². The predicted octanol–water partition coefficient (Wildman–Crippen LogP) is 1.88. The van der Waals surface area contributed by atoms with E-state index in [1.807, 2.05) is 0 Å². The third kappa shape index (κ3) is 4.05. The first-order chi connectivity index (χ1) is 9.94. The first-order valence-electron chi connectivity index (χ1n) is 7.62. The molecule has 1 aliphatic rings. The second kappa shape index (κ2) is 6.89. The molecule has 0 bridgehead atoms. The monoisotopic (exact) mass is 315 g/mol.